The minimum atomic E-state index is -0.232. The van der Waals surface area contributed by atoms with Gasteiger partial charge in [-0.2, -0.15) is 0 Å². The zero-order chi connectivity index (χ0) is 12.9. The van der Waals surface area contributed by atoms with E-state index < -0.39 is 0 Å². The van der Waals surface area contributed by atoms with Crippen LogP contribution in [0.1, 0.15) is 33.6 Å². The molecule has 1 aromatic heterocycles. The first kappa shape index (κ1) is 13.9. The molecule has 0 aliphatic carbocycles. The van der Waals surface area contributed by atoms with E-state index in [0.29, 0.717) is 31.1 Å². The van der Waals surface area contributed by atoms with Crippen molar-refractivity contribution in [2.24, 2.45) is 0 Å². The van der Waals surface area contributed by atoms with Crippen molar-refractivity contribution in [1.29, 1.82) is 0 Å². The number of nitrogens with zero attached hydrogens (tertiary/aromatic N) is 2. The summed E-state index contributed by atoms with van der Waals surface area (Å²) in [5, 5.41) is 14.2. The molecule has 6 heteroatoms. The molecule has 0 fully saturated rings. The second-order valence-electron chi connectivity index (χ2n) is 4.98. The summed E-state index contributed by atoms with van der Waals surface area (Å²) in [6.07, 6.45) is 0. The summed E-state index contributed by atoms with van der Waals surface area (Å²) < 4.78 is 10.6. The van der Waals surface area contributed by atoms with Crippen molar-refractivity contribution in [3.63, 3.8) is 0 Å². The number of methoxy groups -OCH3 is 1. The Labute approximate surface area is 102 Å². The number of hydrogen-bond donors (Lipinski definition) is 2. The molecule has 0 radical (unpaired) electrons. The molecule has 98 valence electrons. The van der Waals surface area contributed by atoms with E-state index in [-0.39, 0.29) is 5.54 Å². The molecule has 1 heterocycles. The predicted molar refractivity (Wildman–Crippen MR) is 65.9 cm³/mol. The van der Waals surface area contributed by atoms with Crippen molar-refractivity contribution in [1.82, 2.24) is 15.5 Å². The van der Waals surface area contributed by atoms with Crippen LogP contribution < -0.4 is 10.6 Å². The van der Waals surface area contributed by atoms with Gasteiger partial charge in [-0.1, -0.05) is 18.9 Å². The number of hydrogen-bond acceptors (Lipinski definition) is 6. The molecule has 0 aromatic carbocycles. The lowest BCUT2D eigenvalue weighted by molar-refractivity contribution is 0.156. The van der Waals surface area contributed by atoms with Crippen LogP contribution in [0.15, 0.2) is 4.42 Å². The lowest BCUT2D eigenvalue weighted by atomic mass is 10.1. The second-order valence-corrected chi connectivity index (χ2v) is 4.98. The Morgan fingerprint density at radius 2 is 2.06 bits per heavy atom. The maximum absolute atomic E-state index is 5.46. The normalized spacial score (nSPS) is 12.1. The van der Waals surface area contributed by atoms with Gasteiger partial charge in [-0.25, -0.2) is 0 Å². The highest BCUT2D eigenvalue weighted by atomic mass is 16.5. The lowest BCUT2D eigenvalue weighted by Crippen LogP contribution is -2.36. The van der Waals surface area contributed by atoms with E-state index in [1.165, 1.54) is 0 Å². The summed E-state index contributed by atoms with van der Waals surface area (Å²) in [5.41, 5.74) is -0.232. The highest BCUT2D eigenvalue weighted by molar-refractivity contribution is 5.22. The predicted octanol–water partition coefficient (Wildman–Crippen LogP) is 1.40. The summed E-state index contributed by atoms with van der Waals surface area (Å²) in [5.74, 6) is 0.578. The number of ether oxygens (including phenoxy) is 1. The molecule has 0 aliphatic heterocycles. The van der Waals surface area contributed by atoms with Crippen molar-refractivity contribution in [3.8, 4) is 0 Å². The van der Waals surface area contributed by atoms with Crippen molar-refractivity contribution < 1.29 is 9.15 Å². The largest absolute Gasteiger partial charge is 0.407 e. The van der Waals surface area contributed by atoms with Crippen LogP contribution in [0.2, 0.25) is 0 Å². The molecule has 2 N–H and O–H groups in total. The van der Waals surface area contributed by atoms with Crippen LogP contribution >= 0.6 is 0 Å². The minimum Gasteiger partial charge on any atom is -0.407 e. The van der Waals surface area contributed by atoms with Gasteiger partial charge in [0, 0.05) is 13.2 Å². The molecule has 0 spiro atoms. The van der Waals surface area contributed by atoms with Gasteiger partial charge in [0.05, 0.1) is 18.7 Å². The van der Waals surface area contributed by atoms with E-state index in [2.05, 4.69) is 34.7 Å². The van der Waals surface area contributed by atoms with Crippen LogP contribution in [0.3, 0.4) is 0 Å². The summed E-state index contributed by atoms with van der Waals surface area (Å²) >= 11 is 0. The van der Waals surface area contributed by atoms with Crippen LogP contribution in [0.5, 0.6) is 0 Å². The van der Waals surface area contributed by atoms with E-state index in [9.17, 15) is 0 Å². The number of aromatic nitrogens is 2. The van der Waals surface area contributed by atoms with Crippen LogP contribution in [-0.4, -0.2) is 35.5 Å². The van der Waals surface area contributed by atoms with Gasteiger partial charge in [-0.3, -0.25) is 0 Å². The van der Waals surface area contributed by atoms with Gasteiger partial charge in [0.2, 0.25) is 5.89 Å². The van der Waals surface area contributed by atoms with Gasteiger partial charge in [-0.05, 0) is 13.8 Å². The SMILES string of the molecule is COCC(C)(C)Nc1nnc(CNC(C)C)o1. The number of nitrogens with one attached hydrogen (secondary N) is 2. The van der Waals surface area contributed by atoms with Gasteiger partial charge in [0.15, 0.2) is 0 Å². The lowest BCUT2D eigenvalue weighted by Gasteiger charge is -2.23. The first-order valence-electron chi connectivity index (χ1n) is 5.76. The molecule has 0 aliphatic rings. The quantitative estimate of drug-likeness (QED) is 0.753. The fourth-order valence-corrected chi connectivity index (χ4v) is 1.35. The van der Waals surface area contributed by atoms with Crippen molar-refractivity contribution in [2.75, 3.05) is 19.0 Å². The number of rotatable bonds is 7. The van der Waals surface area contributed by atoms with E-state index in [4.69, 9.17) is 9.15 Å². The zero-order valence-corrected chi connectivity index (χ0v) is 11.2. The van der Waals surface area contributed by atoms with Crippen LogP contribution in [0, 0.1) is 0 Å². The molecule has 17 heavy (non-hydrogen) atoms. The smallest absolute Gasteiger partial charge is 0.316 e. The molecule has 0 saturated heterocycles. The molecule has 1 aromatic rings. The van der Waals surface area contributed by atoms with Gasteiger partial charge < -0.3 is 19.8 Å². The van der Waals surface area contributed by atoms with Crippen LogP contribution in [-0.2, 0) is 11.3 Å². The third-order valence-electron chi connectivity index (χ3n) is 2.08. The Kier molecular flexibility index (Phi) is 4.89. The van der Waals surface area contributed by atoms with Crippen LogP contribution in [0.25, 0.3) is 0 Å². The second kappa shape index (κ2) is 5.97. The molecule has 0 amide bonds. The highest BCUT2D eigenvalue weighted by Crippen LogP contribution is 2.13. The molecule has 0 atom stereocenters. The Balaban J connectivity index is 2.50. The van der Waals surface area contributed by atoms with Crippen molar-refractivity contribution in [3.05, 3.63) is 5.89 Å². The third-order valence-corrected chi connectivity index (χ3v) is 2.08. The molecule has 0 bridgehead atoms. The molecule has 1 rings (SSSR count). The van der Waals surface area contributed by atoms with E-state index >= 15 is 0 Å². The summed E-state index contributed by atoms with van der Waals surface area (Å²) in [6, 6.07) is 0.816. The van der Waals surface area contributed by atoms with Gasteiger partial charge in [0.25, 0.3) is 0 Å². The summed E-state index contributed by atoms with van der Waals surface area (Å²) in [7, 11) is 1.66. The number of anilines is 1. The molecular formula is C11H22N4O2. The fraction of sp³-hybridized carbons (Fsp3) is 0.818. The van der Waals surface area contributed by atoms with Crippen molar-refractivity contribution >= 4 is 6.01 Å². The van der Waals surface area contributed by atoms with E-state index in [1.807, 2.05) is 13.8 Å². The van der Waals surface area contributed by atoms with E-state index in [0.717, 1.165) is 0 Å². The topological polar surface area (TPSA) is 72.2 Å². The molecule has 0 saturated carbocycles. The average molecular weight is 242 g/mol. The molecule has 0 unspecified atom stereocenters. The zero-order valence-electron chi connectivity index (χ0n) is 11.2. The maximum Gasteiger partial charge on any atom is 0.316 e. The molecule has 6 nitrogen and oxygen atoms in total. The van der Waals surface area contributed by atoms with Crippen molar-refractivity contribution in [2.45, 2.75) is 45.8 Å². The summed E-state index contributed by atoms with van der Waals surface area (Å²) in [6.45, 7) is 9.29. The van der Waals surface area contributed by atoms with Crippen LogP contribution in [0.4, 0.5) is 6.01 Å². The Hall–Kier alpha value is -1.14. The minimum absolute atomic E-state index is 0.232. The summed E-state index contributed by atoms with van der Waals surface area (Å²) in [4.78, 5) is 0. The highest BCUT2D eigenvalue weighted by Gasteiger charge is 2.20. The monoisotopic (exact) mass is 242 g/mol. The Morgan fingerprint density at radius 1 is 1.35 bits per heavy atom. The van der Waals surface area contributed by atoms with Gasteiger partial charge >= 0.3 is 6.01 Å². The standard InChI is InChI=1S/C11H22N4O2/c1-8(2)12-6-9-14-15-10(17-9)13-11(3,4)7-16-5/h8,12H,6-7H2,1-5H3,(H,13,15). The first-order valence-corrected chi connectivity index (χ1v) is 5.76. The fourth-order valence-electron chi connectivity index (χ4n) is 1.35. The van der Waals surface area contributed by atoms with Gasteiger partial charge in [0.1, 0.15) is 0 Å². The third kappa shape index (κ3) is 5.14. The molecular weight excluding hydrogens is 220 g/mol. The Morgan fingerprint density at radius 3 is 2.65 bits per heavy atom. The Bertz CT molecular complexity index is 336. The average Bonchev–Trinajstić information content (AvgIpc) is 2.61. The van der Waals surface area contributed by atoms with Gasteiger partial charge in [-0.15, -0.1) is 5.10 Å². The maximum atomic E-state index is 5.46. The van der Waals surface area contributed by atoms with E-state index in [1.54, 1.807) is 7.11 Å². The first-order chi connectivity index (χ1) is 7.93.